The Bertz CT molecular complexity index is 1150. The van der Waals surface area contributed by atoms with Gasteiger partial charge in [0, 0.05) is 12.0 Å². The number of ether oxygens (including phenoxy) is 2. The zero-order chi connectivity index (χ0) is 27.3. The van der Waals surface area contributed by atoms with Gasteiger partial charge < -0.3 is 19.7 Å². The van der Waals surface area contributed by atoms with Crippen molar-refractivity contribution >= 4 is 5.97 Å². The monoisotopic (exact) mass is 528 g/mol. The SMILES string of the molecule is O=C(O)Cc1ccc(OC[C@@H](Cc2ccccc2)Oc2ccc(C(O)(C(F)(F)F)C(F)(F)F)cc2)cc1. The average Bonchev–Trinajstić information content (AvgIpc) is 2.82. The van der Waals surface area contributed by atoms with E-state index in [0.29, 0.717) is 29.9 Å². The number of benzene rings is 3. The van der Waals surface area contributed by atoms with Crippen LogP contribution >= 0.6 is 0 Å². The Morgan fingerprint density at radius 1 is 0.757 bits per heavy atom. The second kappa shape index (κ2) is 11.1. The molecule has 3 rings (SSSR count). The first-order valence-electron chi connectivity index (χ1n) is 10.9. The van der Waals surface area contributed by atoms with Gasteiger partial charge in [0.05, 0.1) is 6.42 Å². The van der Waals surface area contributed by atoms with Crippen molar-refractivity contribution in [1.82, 2.24) is 0 Å². The summed E-state index contributed by atoms with van der Waals surface area (Å²) in [5, 5.41) is 18.4. The maximum Gasteiger partial charge on any atom is 0.430 e. The summed E-state index contributed by atoms with van der Waals surface area (Å²) in [5.41, 5.74) is -5.02. The number of hydrogen-bond acceptors (Lipinski definition) is 4. The molecule has 0 saturated carbocycles. The summed E-state index contributed by atoms with van der Waals surface area (Å²) in [6.45, 7) is -0.0377. The van der Waals surface area contributed by atoms with Crippen LogP contribution in [0.2, 0.25) is 0 Å². The second-order valence-corrected chi connectivity index (χ2v) is 8.19. The molecule has 0 aliphatic heterocycles. The van der Waals surface area contributed by atoms with Crippen molar-refractivity contribution in [1.29, 1.82) is 0 Å². The van der Waals surface area contributed by atoms with Crippen molar-refractivity contribution in [3.8, 4) is 11.5 Å². The van der Waals surface area contributed by atoms with E-state index in [-0.39, 0.29) is 18.8 Å². The fraction of sp³-hybridized carbons (Fsp3) is 0.269. The maximum atomic E-state index is 13.1. The molecule has 0 aliphatic carbocycles. The van der Waals surface area contributed by atoms with Gasteiger partial charge in [0.15, 0.2) is 0 Å². The first-order chi connectivity index (χ1) is 17.3. The summed E-state index contributed by atoms with van der Waals surface area (Å²) in [7, 11) is 0. The van der Waals surface area contributed by atoms with Crippen LogP contribution in [0.25, 0.3) is 0 Å². The first-order valence-corrected chi connectivity index (χ1v) is 10.9. The van der Waals surface area contributed by atoms with Crippen LogP contribution in [0.5, 0.6) is 11.5 Å². The van der Waals surface area contributed by atoms with Crippen LogP contribution in [0.15, 0.2) is 78.9 Å². The Morgan fingerprint density at radius 2 is 1.30 bits per heavy atom. The fourth-order valence-corrected chi connectivity index (χ4v) is 3.53. The van der Waals surface area contributed by atoms with Crippen molar-refractivity contribution in [3.63, 3.8) is 0 Å². The highest BCUT2D eigenvalue weighted by Gasteiger charge is 2.71. The quantitative estimate of drug-likeness (QED) is 0.331. The lowest BCUT2D eigenvalue weighted by Gasteiger charge is -2.32. The van der Waals surface area contributed by atoms with Crippen molar-refractivity contribution in [2.45, 2.75) is 36.9 Å². The Hall–Kier alpha value is -3.73. The fourth-order valence-electron chi connectivity index (χ4n) is 3.53. The van der Waals surface area contributed by atoms with Crippen molar-refractivity contribution < 1.29 is 50.8 Å². The molecule has 198 valence electrons. The highest BCUT2D eigenvalue weighted by Crippen LogP contribution is 2.50. The van der Waals surface area contributed by atoms with Crippen LogP contribution in [0.3, 0.4) is 0 Å². The minimum absolute atomic E-state index is 0.0308. The highest BCUT2D eigenvalue weighted by molar-refractivity contribution is 5.70. The molecule has 5 nitrogen and oxygen atoms in total. The normalized spacial score (nSPS) is 13.2. The molecule has 3 aromatic carbocycles. The van der Waals surface area contributed by atoms with Crippen molar-refractivity contribution in [2.75, 3.05) is 6.61 Å². The smallest absolute Gasteiger partial charge is 0.430 e. The Balaban J connectivity index is 1.77. The average molecular weight is 528 g/mol. The molecule has 3 aromatic rings. The number of alkyl halides is 6. The third kappa shape index (κ3) is 6.94. The third-order valence-electron chi connectivity index (χ3n) is 5.42. The molecule has 0 fully saturated rings. The lowest BCUT2D eigenvalue weighted by atomic mass is 9.92. The Kier molecular flexibility index (Phi) is 8.37. The van der Waals surface area contributed by atoms with Gasteiger partial charge in [-0.2, -0.15) is 26.3 Å². The number of hydrogen-bond donors (Lipinski definition) is 2. The molecule has 2 N–H and O–H groups in total. The van der Waals surface area contributed by atoms with Gasteiger partial charge in [-0.15, -0.1) is 0 Å². The number of rotatable bonds is 10. The number of carbonyl (C=O) groups is 1. The summed E-state index contributed by atoms with van der Waals surface area (Å²) in [5.74, 6) is -0.608. The summed E-state index contributed by atoms with van der Waals surface area (Å²) in [6, 6.07) is 18.2. The van der Waals surface area contributed by atoms with Gasteiger partial charge in [0.2, 0.25) is 0 Å². The predicted molar refractivity (Wildman–Crippen MR) is 120 cm³/mol. The predicted octanol–water partition coefficient (Wildman–Crippen LogP) is 5.70. The molecule has 0 aromatic heterocycles. The minimum atomic E-state index is -5.99. The van der Waals surface area contributed by atoms with Crippen molar-refractivity contribution in [3.05, 3.63) is 95.6 Å². The molecule has 0 saturated heterocycles. The Labute approximate surface area is 207 Å². The molecule has 37 heavy (non-hydrogen) atoms. The van der Waals surface area contributed by atoms with Crippen LogP contribution in [0.1, 0.15) is 16.7 Å². The van der Waals surface area contributed by atoms with E-state index in [2.05, 4.69) is 0 Å². The van der Waals surface area contributed by atoms with E-state index in [0.717, 1.165) is 17.7 Å². The number of carboxylic acid groups (broad SMARTS) is 1. The standard InChI is InChI=1S/C26H22F6O5/c27-25(28,29)24(35,26(30,31)32)19-8-12-21(13-9-19)37-22(14-17-4-2-1-3-5-17)16-36-20-10-6-18(7-11-20)15-23(33)34/h1-13,22,35H,14-16H2,(H,33,34)/t22-/m1/s1. The highest BCUT2D eigenvalue weighted by atomic mass is 19.4. The van der Waals surface area contributed by atoms with Crippen LogP contribution in [-0.4, -0.2) is 41.2 Å². The molecule has 0 spiro atoms. The summed E-state index contributed by atoms with van der Waals surface area (Å²) in [6.07, 6.45) is -12.5. The van der Waals surface area contributed by atoms with E-state index >= 15 is 0 Å². The molecule has 11 heteroatoms. The van der Waals surface area contributed by atoms with Gasteiger partial charge in [-0.1, -0.05) is 54.6 Å². The molecule has 0 amide bonds. The van der Waals surface area contributed by atoms with Crippen LogP contribution in [0.4, 0.5) is 26.3 Å². The van der Waals surface area contributed by atoms with Gasteiger partial charge in [0.25, 0.3) is 5.60 Å². The van der Waals surface area contributed by atoms with Crippen LogP contribution in [0, 0.1) is 0 Å². The number of carboxylic acids is 1. The molecule has 0 unspecified atom stereocenters. The van der Waals surface area contributed by atoms with Crippen LogP contribution in [-0.2, 0) is 23.2 Å². The summed E-state index contributed by atoms with van der Waals surface area (Å²) in [4.78, 5) is 10.8. The van der Waals surface area contributed by atoms with Gasteiger partial charge in [0.1, 0.15) is 24.2 Å². The van der Waals surface area contributed by atoms with E-state index in [9.17, 15) is 36.2 Å². The summed E-state index contributed by atoms with van der Waals surface area (Å²) >= 11 is 0. The van der Waals surface area contributed by atoms with Crippen molar-refractivity contribution in [2.24, 2.45) is 0 Å². The van der Waals surface area contributed by atoms with Gasteiger partial charge in [-0.05, 0) is 35.4 Å². The van der Waals surface area contributed by atoms with Crippen LogP contribution < -0.4 is 9.47 Å². The molecule has 0 radical (unpaired) electrons. The zero-order valence-electron chi connectivity index (χ0n) is 19.1. The molecule has 0 aliphatic rings. The molecule has 0 bridgehead atoms. The number of aliphatic hydroxyl groups is 1. The molecule has 1 atom stereocenters. The van der Waals surface area contributed by atoms with E-state index in [1.807, 2.05) is 12.1 Å². The zero-order valence-corrected chi connectivity index (χ0v) is 19.1. The van der Waals surface area contributed by atoms with E-state index in [4.69, 9.17) is 14.6 Å². The van der Waals surface area contributed by atoms with E-state index in [1.165, 1.54) is 0 Å². The van der Waals surface area contributed by atoms with E-state index in [1.54, 1.807) is 42.5 Å². The summed E-state index contributed by atoms with van der Waals surface area (Å²) < 4.78 is 90.4. The van der Waals surface area contributed by atoms with Gasteiger partial charge in [-0.25, -0.2) is 0 Å². The molecule has 0 heterocycles. The molecular weight excluding hydrogens is 506 g/mol. The topological polar surface area (TPSA) is 76.0 Å². The van der Waals surface area contributed by atoms with Gasteiger partial charge >= 0.3 is 18.3 Å². The minimum Gasteiger partial charge on any atom is -0.490 e. The largest absolute Gasteiger partial charge is 0.490 e. The third-order valence-corrected chi connectivity index (χ3v) is 5.42. The number of aliphatic carboxylic acids is 1. The lowest BCUT2D eigenvalue weighted by molar-refractivity contribution is -0.376. The Morgan fingerprint density at radius 3 is 1.81 bits per heavy atom. The first kappa shape index (κ1) is 27.9. The number of halogens is 6. The lowest BCUT2D eigenvalue weighted by Crippen LogP contribution is -2.53. The maximum absolute atomic E-state index is 13.1. The van der Waals surface area contributed by atoms with E-state index < -0.39 is 35.6 Å². The second-order valence-electron chi connectivity index (χ2n) is 8.19. The van der Waals surface area contributed by atoms with Gasteiger partial charge in [-0.3, -0.25) is 4.79 Å². The molecular formula is C26H22F6O5.